The van der Waals surface area contributed by atoms with Gasteiger partial charge in [-0.3, -0.25) is 0 Å². The Hall–Kier alpha value is -1.10. The number of rotatable bonds is 7. The van der Waals surface area contributed by atoms with Crippen LogP contribution in [0.15, 0.2) is 18.2 Å². The van der Waals surface area contributed by atoms with Gasteiger partial charge in [0, 0.05) is 18.2 Å². The van der Waals surface area contributed by atoms with Crippen molar-refractivity contribution in [1.29, 1.82) is 0 Å². The van der Waals surface area contributed by atoms with E-state index in [9.17, 15) is 0 Å². The van der Waals surface area contributed by atoms with Crippen molar-refractivity contribution < 1.29 is 14.2 Å². The van der Waals surface area contributed by atoms with Crippen molar-refractivity contribution in [2.24, 2.45) is 0 Å². The van der Waals surface area contributed by atoms with Gasteiger partial charge in [0.05, 0.1) is 26.4 Å². The Morgan fingerprint density at radius 3 is 2.95 bits per heavy atom. The summed E-state index contributed by atoms with van der Waals surface area (Å²) in [6.07, 6.45) is 1.20. The van der Waals surface area contributed by atoms with Gasteiger partial charge in [0.1, 0.15) is 5.75 Å². The van der Waals surface area contributed by atoms with Crippen LogP contribution in [0.5, 0.6) is 5.75 Å². The molecule has 1 aromatic rings. The maximum atomic E-state index is 5.90. The molecule has 0 bridgehead atoms. The Morgan fingerprint density at radius 2 is 2.30 bits per heavy atom. The second-order valence-electron chi connectivity index (χ2n) is 5.15. The third-order valence-corrected chi connectivity index (χ3v) is 3.68. The van der Waals surface area contributed by atoms with E-state index in [2.05, 4.69) is 31.3 Å². The Labute approximate surface area is 121 Å². The van der Waals surface area contributed by atoms with Crippen LogP contribution in [0, 0.1) is 0 Å². The lowest BCUT2D eigenvalue weighted by molar-refractivity contribution is 0.0308. The van der Waals surface area contributed by atoms with Crippen molar-refractivity contribution in [3.8, 4) is 5.75 Å². The van der Waals surface area contributed by atoms with Crippen molar-refractivity contribution in [2.45, 2.75) is 39.0 Å². The van der Waals surface area contributed by atoms with Gasteiger partial charge in [0.15, 0.2) is 0 Å². The first-order valence-electron chi connectivity index (χ1n) is 7.34. The number of hydrogen-bond acceptors (Lipinski definition) is 4. The minimum atomic E-state index is 0.217. The van der Waals surface area contributed by atoms with E-state index in [0.717, 1.165) is 30.9 Å². The number of methoxy groups -OCH3 is 1. The SMILES string of the molecule is CCNC(C)c1ccc(OC)c(COC2CCOC2)c1. The molecule has 2 unspecified atom stereocenters. The molecule has 0 radical (unpaired) electrons. The van der Waals surface area contributed by atoms with Gasteiger partial charge in [-0.2, -0.15) is 0 Å². The molecule has 1 heterocycles. The standard InChI is InChI=1S/C16H25NO3/c1-4-17-12(2)13-5-6-16(18-3)14(9-13)10-20-15-7-8-19-11-15/h5-6,9,12,15,17H,4,7-8,10-11H2,1-3H3. The molecule has 4 nitrogen and oxygen atoms in total. The van der Waals surface area contributed by atoms with Crippen LogP contribution in [0.25, 0.3) is 0 Å². The molecule has 0 amide bonds. The van der Waals surface area contributed by atoms with Gasteiger partial charge in [0.25, 0.3) is 0 Å². The van der Waals surface area contributed by atoms with Gasteiger partial charge in [-0.25, -0.2) is 0 Å². The smallest absolute Gasteiger partial charge is 0.124 e. The van der Waals surface area contributed by atoms with E-state index in [1.54, 1.807) is 7.11 Å². The van der Waals surface area contributed by atoms with Crippen molar-refractivity contribution in [3.63, 3.8) is 0 Å². The molecule has 2 atom stereocenters. The molecular formula is C16H25NO3. The highest BCUT2D eigenvalue weighted by Crippen LogP contribution is 2.25. The molecule has 1 saturated heterocycles. The summed E-state index contributed by atoms with van der Waals surface area (Å²) in [7, 11) is 1.70. The molecule has 1 aliphatic rings. The molecule has 0 saturated carbocycles. The molecule has 112 valence electrons. The van der Waals surface area contributed by atoms with Gasteiger partial charge in [-0.05, 0) is 37.6 Å². The second kappa shape index (κ2) is 7.62. The maximum Gasteiger partial charge on any atom is 0.124 e. The molecule has 1 fully saturated rings. The van der Waals surface area contributed by atoms with E-state index >= 15 is 0 Å². The minimum Gasteiger partial charge on any atom is -0.496 e. The predicted molar refractivity (Wildman–Crippen MR) is 79.1 cm³/mol. The topological polar surface area (TPSA) is 39.7 Å². The Balaban J connectivity index is 2.05. The minimum absolute atomic E-state index is 0.217. The summed E-state index contributed by atoms with van der Waals surface area (Å²) < 4.78 is 16.7. The molecular weight excluding hydrogens is 254 g/mol. The van der Waals surface area contributed by atoms with Crippen LogP contribution in [-0.2, 0) is 16.1 Å². The van der Waals surface area contributed by atoms with Gasteiger partial charge in [0.2, 0.25) is 0 Å². The fraction of sp³-hybridized carbons (Fsp3) is 0.625. The third kappa shape index (κ3) is 3.95. The summed E-state index contributed by atoms with van der Waals surface area (Å²) in [5.41, 5.74) is 2.36. The van der Waals surface area contributed by atoms with E-state index in [1.807, 2.05) is 6.07 Å². The predicted octanol–water partition coefficient (Wildman–Crippen LogP) is 2.67. The van der Waals surface area contributed by atoms with Crippen LogP contribution in [0.2, 0.25) is 0 Å². The zero-order chi connectivity index (χ0) is 14.4. The maximum absolute atomic E-state index is 5.90. The highest BCUT2D eigenvalue weighted by Gasteiger charge is 2.17. The first-order valence-corrected chi connectivity index (χ1v) is 7.34. The number of nitrogens with one attached hydrogen (secondary N) is 1. The molecule has 0 aliphatic carbocycles. The summed E-state index contributed by atoms with van der Waals surface area (Å²) in [4.78, 5) is 0. The quantitative estimate of drug-likeness (QED) is 0.833. The largest absolute Gasteiger partial charge is 0.496 e. The Morgan fingerprint density at radius 1 is 1.45 bits per heavy atom. The van der Waals surface area contributed by atoms with Crippen molar-refractivity contribution in [2.75, 3.05) is 26.9 Å². The van der Waals surface area contributed by atoms with E-state index in [0.29, 0.717) is 19.3 Å². The van der Waals surface area contributed by atoms with Gasteiger partial charge >= 0.3 is 0 Å². The summed E-state index contributed by atoms with van der Waals surface area (Å²) in [6, 6.07) is 6.63. The highest BCUT2D eigenvalue weighted by molar-refractivity contribution is 5.38. The van der Waals surface area contributed by atoms with Crippen LogP contribution in [0.4, 0.5) is 0 Å². The summed E-state index contributed by atoms with van der Waals surface area (Å²) in [6.45, 7) is 7.32. The lowest BCUT2D eigenvalue weighted by Crippen LogP contribution is -2.18. The highest BCUT2D eigenvalue weighted by atomic mass is 16.5. The first-order chi connectivity index (χ1) is 9.74. The zero-order valence-electron chi connectivity index (χ0n) is 12.6. The summed E-state index contributed by atoms with van der Waals surface area (Å²) >= 11 is 0. The van der Waals surface area contributed by atoms with Crippen molar-refractivity contribution in [1.82, 2.24) is 5.32 Å². The van der Waals surface area contributed by atoms with Crippen molar-refractivity contribution >= 4 is 0 Å². The Bertz CT molecular complexity index is 416. The fourth-order valence-corrected chi connectivity index (χ4v) is 2.46. The summed E-state index contributed by atoms with van der Waals surface area (Å²) in [5.74, 6) is 0.886. The number of ether oxygens (including phenoxy) is 3. The number of hydrogen-bond donors (Lipinski definition) is 1. The zero-order valence-corrected chi connectivity index (χ0v) is 12.6. The average molecular weight is 279 g/mol. The van der Waals surface area contributed by atoms with E-state index in [-0.39, 0.29) is 6.10 Å². The molecule has 20 heavy (non-hydrogen) atoms. The van der Waals surface area contributed by atoms with Gasteiger partial charge < -0.3 is 19.5 Å². The molecule has 4 heteroatoms. The van der Waals surface area contributed by atoms with E-state index < -0.39 is 0 Å². The van der Waals surface area contributed by atoms with Crippen LogP contribution >= 0.6 is 0 Å². The molecule has 1 aromatic carbocycles. The van der Waals surface area contributed by atoms with Gasteiger partial charge in [-0.15, -0.1) is 0 Å². The van der Waals surface area contributed by atoms with Crippen LogP contribution in [0.3, 0.4) is 0 Å². The van der Waals surface area contributed by atoms with Crippen molar-refractivity contribution in [3.05, 3.63) is 29.3 Å². The molecule has 0 aromatic heterocycles. The molecule has 0 spiro atoms. The van der Waals surface area contributed by atoms with Crippen LogP contribution in [0.1, 0.15) is 37.4 Å². The average Bonchev–Trinajstić information content (AvgIpc) is 2.98. The molecule has 1 aliphatic heterocycles. The summed E-state index contributed by atoms with van der Waals surface area (Å²) in [5, 5.41) is 3.42. The third-order valence-electron chi connectivity index (χ3n) is 3.68. The van der Waals surface area contributed by atoms with Crippen LogP contribution in [-0.4, -0.2) is 33.0 Å². The first kappa shape index (κ1) is 15.3. The Kier molecular flexibility index (Phi) is 5.83. The fourth-order valence-electron chi connectivity index (χ4n) is 2.46. The molecule has 1 N–H and O–H groups in total. The second-order valence-corrected chi connectivity index (χ2v) is 5.15. The number of benzene rings is 1. The van der Waals surface area contributed by atoms with E-state index in [4.69, 9.17) is 14.2 Å². The normalized spacial score (nSPS) is 20.1. The van der Waals surface area contributed by atoms with E-state index in [1.165, 1.54) is 5.56 Å². The monoisotopic (exact) mass is 279 g/mol. The lowest BCUT2D eigenvalue weighted by Gasteiger charge is -2.17. The lowest BCUT2D eigenvalue weighted by atomic mass is 10.0. The van der Waals surface area contributed by atoms with Crippen LogP contribution < -0.4 is 10.1 Å². The molecule has 2 rings (SSSR count). The van der Waals surface area contributed by atoms with Gasteiger partial charge in [-0.1, -0.05) is 13.0 Å².